The molecule has 0 aliphatic rings. The summed E-state index contributed by atoms with van der Waals surface area (Å²) in [5.74, 6) is -0.213. The number of para-hydroxylation sites is 1. The van der Waals surface area contributed by atoms with Gasteiger partial charge in [0.1, 0.15) is 17.1 Å². The summed E-state index contributed by atoms with van der Waals surface area (Å²) in [5, 5.41) is 9.51. The van der Waals surface area contributed by atoms with Gasteiger partial charge in [-0.15, -0.1) is 0 Å². The predicted octanol–water partition coefficient (Wildman–Crippen LogP) is 4.44. The first-order valence-electron chi connectivity index (χ1n) is 5.03. The molecule has 2 aromatic rings. The van der Waals surface area contributed by atoms with Crippen LogP contribution in [0, 0.1) is 3.57 Å². The van der Waals surface area contributed by atoms with Gasteiger partial charge in [-0.25, -0.2) is 4.79 Å². The first-order valence-corrected chi connectivity index (χ1v) is 6.49. The highest BCUT2D eigenvalue weighted by Gasteiger charge is 2.13. The minimum atomic E-state index is -1.05. The number of hydrogen-bond donors (Lipinski definition) is 1. The van der Waals surface area contributed by atoms with Gasteiger partial charge in [-0.2, -0.15) is 0 Å². The maximum atomic E-state index is 11.1. The molecule has 0 aromatic heterocycles. The van der Waals surface area contributed by atoms with E-state index in [0.717, 1.165) is 3.57 Å². The lowest BCUT2D eigenvalue weighted by atomic mass is 10.2. The van der Waals surface area contributed by atoms with Crippen molar-refractivity contribution in [3.05, 3.63) is 56.6 Å². The number of halogens is 2. The average molecular weight is 375 g/mol. The van der Waals surface area contributed by atoms with E-state index in [-0.39, 0.29) is 11.3 Å². The summed E-state index contributed by atoms with van der Waals surface area (Å²) in [6.45, 7) is 0. The Morgan fingerprint density at radius 3 is 2.56 bits per heavy atom. The molecule has 0 spiro atoms. The summed E-state index contributed by atoms with van der Waals surface area (Å²) in [6, 6.07) is 11.8. The van der Waals surface area contributed by atoms with Crippen LogP contribution in [0.15, 0.2) is 42.5 Å². The summed E-state index contributed by atoms with van der Waals surface area (Å²) in [4.78, 5) is 11.1. The van der Waals surface area contributed by atoms with Crippen molar-refractivity contribution in [2.24, 2.45) is 0 Å². The summed E-state index contributed by atoms with van der Waals surface area (Å²) in [6.07, 6.45) is 0. The van der Waals surface area contributed by atoms with E-state index in [0.29, 0.717) is 10.8 Å². The van der Waals surface area contributed by atoms with Crippen molar-refractivity contribution in [1.82, 2.24) is 0 Å². The van der Waals surface area contributed by atoms with E-state index in [1.165, 1.54) is 18.2 Å². The quantitative estimate of drug-likeness (QED) is 0.808. The number of aromatic carboxylic acids is 1. The number of carboxylic acid groups (broad SMARTS) is 1. The van der Waals surface area contributed by atoms with Crippen LogP contribution in [-0.4, -0.2) is 11.1 Å². The lowest BCUT2D eigenvalue weighted by Crippen LogP contribution is -2.00. The Balaban J connectivity index is 2.42. The molecular formula is C13H8ClIO3. The van der Waals surface area contributed by atoms with Gasteiger partial charge in [0.2, 0.25) is 0 Å². The van der Waals surface area contributed by atoms with Crippen molar-refractivity contribution in [2.45, 2.75) is 0 Å². The highest BCUT2D eigenvalue weighted by molar-refractivity contribution is 14.1. The van der Waals surface area contributed by atoms with Crippen LogP contribution in [0.25, 0.3) is 0 Å². The first-order chi connectivity index (χ1) is 8.58. The average Bonchev–Trinajstić information content (AvgIpc) is 2.32. The van der Waals surface area contributed by atoms with E-state index in [9.17, 15) is 4.79 Å². The molecule has 0 bridgehead atoms. The van der Waals surface area contributed by atoms with Gasteiger partial charge in [0.05, 0.1) is 3.57 Å². The molecule has 0 amide bonds. The molecule has 92 valence electrons. The molecule has 0 saturated heterocycles. The zero-order chi connectivity index (χ0) is 13.1. The van der Waals surface area contributed by atoms with Gasteiger partial charge >= 0.3 is 5.97 Å². The Morgan fingerprint density at radius 2 is 1.89 bits per heavy atom. The van der Waals surface area contributed by atoms with Crippen molar-refractivity contribution < 1.29 is 14.6 Å². The van der Waals surface area contributed by atoms with Gasteiger partial charge in [0.15, 0.2) is 0 Å². The number of rotatable bonds is 3. The molecule has 0 saturated carbocycles. The monoisotopic (exact) mass is 374 g/mol. The summed E-state index contributed by atoms with van der Waals surface area (Å²) in [5.41, 5.74) is 0.0825. The van der Waals surface area contributed by atoms with Crippen LogP contribution in [-0.2, 0) is 0 Å². The Kier molecular flexibility index (Phi) is 4.08. The minimum absolute atomic E-state index is 0.0825. The molecule has 2 aromatic carbocycles. The largest absolute Gasteiger partial charge is 0.478 e. The van der Waals surface area contributed by atoms with Crippen LogP contribution in [0.1, 0.15) is 10.4 Å². The van der Waals surface area contributed by atoms with E-state index in [1.807, 2.05) is 18.2 Å². The Morgan fingerprint density at radius 1 is 1.17 bits per heavy atom. The molecule has 2 rings (SSSR count). The number of carboxylic acids is 1. The molecule has 5 heteroatoms. The molecule has 3 nitrogen and oxygen atoms in total. The predicted molar refractivity (Wildman–Crippen MR) is 77.6 cm³/mol. The SMILES string of the molecule is O=C(O)c1ccc(Cl)cc1Oc1ccccc1I. The van der Waals surface area contributed by atoms with Crippen LogP contribution >= 0.6 is 34.2 Å². The van der Waals surface area contributed by atoms with Crippen LogP contribution in [0.4, 0.5) is 0 Å². The molecule has 0 heterocycles. The van der Waals surface area contributed by atoms with Gasteiger partial charge in [0, 0.05) is 11.1 Å². The molecule has 0 atom stereocenters. The maximum absolute atomic E-state index is 11.1. The van der Waals surface area contributed by atoms with Gasteiger partial charge < -0.3 is 9.84 Å². The minimum Gasteiger partial charge on any atom is -0.478 e. The fourth-order valence-electron chi connectivity index (χ4n) is 1.40. The van der Waals surface area contributed by atoms with Crippen molar-refractivity contribution >= 4 is 40.2 Å². The molecule has 0 fully saturated rings. The van der Waals surface area contributed by atoms with Crippen LogP contribution in [0.2, 0.25) is 5.02 Å². The van der Waals surface area contributed by atoms with Crippen LogP contribution < -0.4 is 4.74 Å². The van der Waals surface area contributed by atoms with Crippen LogP contribution in [0.3, 0.4) is 0 Å². The zero-order valence-electron chi connectivity index (χ0n) is 9.06. The van der Waals surface area contributed by atoms with E-state index < -0.39 is 5.97 Å². The Bertz CT molecular complexity index is 599. The number of benzene rings is 2. The van der Waals surface area contributed by atoms with E-state index in [4.69, 9.17) is 21.4 Å². The molecule has 0 unspecified atom stereocenters. The van der Waals surface area contributed by atoms with Crippen molar-refractivity contribution in [2.75, 3.05) is 0 Å². The fourth-order valence-corrected chi connectivity index (χ4v) is 2.06. The van der Waals surface area contributed by atoms with Gasteiger partial charge in [-0.1, -0.05) is 23.7 Å². The lowest BCUT2D eigenvalue weighted by Gasteiger charge is -2.10. The molecule has 18 heavy (non-hydrogen) atoms. The third kappa shape index (κ3) is 2.94. The highest BCUT2D eigenvalue weighted by atomic mass is 127. The highest BCUT2D eigenvalue weighted by Crippen LogP contribution is 2.31. The third-order valence-corrected chi connectivity index (χ3v) is 3.36. The van der Waals surface area contributed by atoms with E-state index in [2.05, 4.69) is 22.6 Å². The summed E-state index contributed by atoms with van der Waals surface area (Å²) < 4.78 is 6.50. The summed E-state index contributed by atoms with van der Waals surface area (Å²) in [7, 11) is 0. The normalized spacial score (nSPS) is 10.1. The van der Waals surface area contributed by atoms with Gasteiger partial charge in [0.25, 0.3) is 0 Å². The maximum Gasteiger partial charge on any atom is 0.339 e. The second-order valence-electron chi connectivity index (χ2n) is 3.48. The van der Waals surface area contributed by atoms with E-state index in [1.54, 1.807) is 6.07 Å². The van der Waals surface area contributed by atoms with Crippen molar-refractivity contribution in [3.8, 4) is 11.5 Å². The van der Waals surface area contributed by atoms with Gasteiger partial charge in [-0.3, -0.25) is 0 Å². The number of hydrogen-bond acceptors (Lipinski definition) is 2. The Labute approximate surface area is 122 Å². The Hall–Kier alpha value is -1.27. The van der Waals surface area contributed by atoms with Crippen LogP contribution in [0.5, 0.6) is 11.5 Å². The summed E-state index contributed by atoms with van der Waals surface area (Å²) >= 11 is 7.97. The van der Waals surface area contributed by atoms with Gasteiger partial charge in [-0.05, 0) is 46.9 Å². The molecular weight excluding hydrogens is 366 g/mol. The molecule has 0 radical (unpaired) electrons. The third-order valence-electron chi connectivity index (χ3n) is 2.23. The zero-order valence-corrected chi connectivity index (χ0v) is 12.0. The second kappa shape index (κ2) is 5.58. The van der Waals surface area contributed by atoms with E-state index >= 15 is 0 Å². The molecule has 1 N–H and O–H groups in total. The fraction of sp³-hybridized carbons (Fsp3) is 0. The lowest BCUT2D eigenvalue weighted by molar-refractivity contribution is 0.0694. The molecule has 0 aliphatic carbocycles. The molecule has 0 aliphatic heterocycles. The van der Waals surface area contributed by atoms with Crippen molar-refractivity contribution in [3.63, 3.8) is 0 Å². The van der Waals surface area contributed by atoms with Crippen molar-refractivity contribution in [1.29, 1.82) is 0 Å². The number of ether oxygens (including phenoxy) is 1. The smallest absolute Gasteiger partial charge is 0.339 e. The number of carbonyl (C=O) groups is 1. The second-order valence-corrected chi connectivity index (χ2v) is 5.08. The topological polar surface area (TPSA) is 46.5 Å². The standard InChI is InChI=1S/C13H8ClIO3/c14-8-5-6-9(13(16)17)12(7-8)18-11-4-2-1-3-10(11)15/h1-7H,(H,16,17). The first kappa shape index (κ1) is 13.2.